The first-order chi connectivity index (χ1) is 16.0. The molecule has 3 aromatic rings. The molecular formula is C23H26N2O6S2. The van der Waals surface area contributed by atoms with Gasteiger partial charge in [-0.25, -0.2) is 0 Å². The standard InChI is InChI=1S/C23H26N2O6S2/c1-28-15-7-9-16(10-8-15)32-11-5-6-21(26)24-23-25(14-22(27)31-4)17-12-18(29-2)19(30-3)13-20(17)33-23/h7-10,12-13H,5-6,11,14H2,1-4H3. The van der Waals surface area contributed by atoms with Crippen LogP contribution in [0.4, 0.5) is 0 Å². The van der Waals surface area contributed by atoms with E-state index in [-0.39, 0.29) is 12.5 Å². The van der Waals surface area contributed by atoms with Crippen molar-refractivity contribution in [3.63, 3.8) is 0 Å². The molecule has 0 fully saturated rings. The largest absolute Gasteiger partial charge is 0.497 e. The summed E-state index contributed by atoms with van der Waals surface area (Å²) in [4.78, 5) is 30.4. The number of rotatable bonds is 10. The van der Waals surface area contributed by atoms with Crippen LogP contribution in [0.5, 0.6) is 17.2 Å². The summed E-state index contributed by atoms with van der Waals surface area (Å²) in [5, 5.41) is 0. The van der Waals surface area contributed by atoms with Crippen LogP contribution in [0.25, 0.3) is 10.2 Å². The Hall–Kier alpha value is -2.98. The van der Waals surface area contributed by atoms with Crippen LogP contribution in [0.1, 0.15) is 12.8 Å². The molecule has 0 aliphatic heterocycles. The molecule has 0 bridgehead atoms. The Morgan fingerprint density at radius 3 is 2.33 bits per heavy atom. The molecule has 3 rings (SSSR count). The Labute approximate surface area is 200 Å². The molecule has 1 aromatic heterocycles. The third kappa shape index (κ3) is 6.29. The highest BCUT2D eigenvalue weighted by Gasteiger charge is 2.15. The summed E-state index contributed by atoms with van der Waals surface area (Å²) in [7, 11) is 6.05. The van der Waals surface area contributed by atoms with Gasteiger partial charge in [-0.2, -0.15) is 4.99 Å². The number of carbonyl (C=O) groups is 2. The van der Waals surface area contributed by atoms with Gasteiger partial charge in [0.05, 0.1) is 38.7 Å². The van der Waals surface area contributed by atoms with Crippen LogP contribution >= 0.6 is 23.1 Å². The summed E-state index contributed by atoms with van der Waals surface area (Å²) in [6.45, 7) is -0.0641. The molecule has 10 heteroatoms. The third-order valence-electron chi connectivity index (χ3n) is 4.79. The maximum atomic E-state index is 12.6. The van der Waals surface area contributed by atoms with E-state index in [2.05, 4.69) is 4.99 Å². The molecular weight excluding hydrogens is 464 g/mol. The van der Waals surface area contributed by atoms with E-state index < -0.39 is 5.97 Å². The van der Waals surface area contributed by atoms with Crippen molar-refractivity contribution in [1.82, 2.24) is 4.57 Å². The zero-order valence-electron chi connectivity index (χ0n) is 19.0. The van der Waals surface area contributed by atoms with E-state index in [0.29, 0.717) is 34.7 Å². The van der Waals surface area contributed by atoms with Crippen molar-refractivity contribution in [1.29, 1.82) is 0 Å². The maximum absolute atomic E-state index is 12.6. The number of thiazole rings is 1. The lowest BCUT2D eigenvalue weighted by Gasteiger charge is -2.09. The van der Waals surface area contributed by atoms with Crippen LogP contribution in [0, 0.1) is 0 Å². The second-order valence-corrected chi connectivity index (χ2v) is 9.03. The topological polar surface area (TPSA) is 88.4 Å². The number of carbonyl (C=O) groups excluding carboxylic acids is 2. The number of ether oxygens (including phenoxy) is 4. The summed E-state index contributed by atoms with van der Waals surface area (Å²) < 4.78 is 23.2. The molecule has 8 nitrogen and oxygen atoms in total. The lowest BCUT2D eigenvalue weighted by Crippen LogP contribution is -2.22. The first-order valence-electron chi connectivity index (χ1n) is 10.2. The number of amides is 1. The smallest absolute Gasteiger partial charge is 0.325 e. The average Bonchev–Trinajstić information content (AvgIpc) is 3.16. The average molecular weight is 491 g/mol. The lowest BCUT2D eigenvalue weighted by atomic mass is 10.3. The number of nitrogens with zero attached hydrogens (tertiary/aromatic N) is 2. The van der Waals surface area contributed by atoms with Gasteiger partial charge in [-0.05, 0) is 36.4 Å². The normalized spacial score (nSPS) is 11.5. The molecule has 0 unspecified atom stereocenters. The highest BCUT2D eigenvalue weighted by atomic mass is 32.2. The fourth-order valence-electron chi connectivity index (χ4n) is 3.08. The molecule has 33 heavy (non-hydrogen) atoms. The number of hydrogen-bond donors (Lipinski definition) is 0. The van der Waals surface area contributed by atoms with Gasteiger partial charge in [0.2, 0.25) is 5.91 Å². The second-order valence-electron chi connectivity index (χ2n) is 6.85. The summed E-state index contributed by atoms with van der Waals surface area (Å²) in [6.07, 6.45) is 0.991. The van der Waals surface area contributed by atoms with E-state index in [0.717, 1.165) is 21.1 Å². The summed E-state index contributed by atoms with van der Waals surface area (Å²) >= 11 is 2.98. The number of methoxy groups -OCH3 is 4. The number of fused-ring (bicyclic) bond motifs is 1. The summed E-state index contributed by atoms with van der Waals surface area (Å²) in [5.74, 6) is 2.01. The van der Waals surface area contributed by atoms with Gasteiger partial charge in [-0.1, -0.05) is 11.3 Å². The third-order valence-corrected chi connectivity index (χ3v) is 6.93. The van der Waals surface area contributed by atoms with Crippen LogP contribution < -0.4 is 19.0 Å². The van der Waals surface area contributed by atoms with E-state index in [1.54, 1.807) is 43.7 Å². The van der Waals surface area contributed by atoms with E-state index in [1.807, 2.05) is 30.3 Å². The van der Waals surface area contributed by atoms with Crippen LogP contribution in [-0.4, -0.2) is 50.6 Å². The van der Waals surface area contributed by atoms with Crippen molar-refractivity contribution < 1.29 is 28.5 Å². The Balaban J connectivity index is 1.76. The highest BCUT2D eigenvalue weighted by molar-refractivity contribution is 7.99. The van der Waals surface area contributed by atoms with Gasteiger partial charge in [0.1, 0.15) is 12.3 Å². The second kappa shape index (κ2) is 11.8. The molecule has 176 valence electrons. The van der Waals surface area contributed by atoms with Crippen LogP contribution in [0.3, 0.4) is 0 Å². The van der Waals surface area contributed by atoms with Gasteiger partial charge in [0.15, 0.2) is 16.3 Å². The SMILES string of the molecule is COC(=O)Cn1c(=NC(=O)CCCSc2ccc(OC)cc2)sc2cc(OC)c(OC)cc21. The van der Waals surface area contributed by atoms with Crippen molar-refractivity contribution in [2.45, 2.75) is 24.3 Å². The summed E-state index contributed by atoms with van der Waals surface area (Å²) in [6, 6.07) is 11.4. The fraction of sp³-hybridized carbons (Fsp3) is 0.348. The van der Waals surface area contributed by atoms with Gasteiger partial charge >= 0.3 is 5.97 Å². The molecule has 0 spiro atoms. The highest BCUT2D eigenvalue weighted by Crippen LogP contribution is 2.33. The molecule has 0 radical (unpaired) electrons. The lowest BCUT2D eigenvalue weighted by molar-refractivity contribution is -0.141. The minimum atomic E-state index is -0.436. The van der Waals surface area contributed by atoms with E-state index in [1.165, 1.54) is 18.4 Å². The molecule has 0 aliphatic rings. The van der Waals surface area contributed by atoms with Crippen molar-refractivity contribution in [2.24, 2.45) is 4.99 Å². The Kier molecular flexibility index (Phi) is 8.79. The monoisotopic (exact) mass is 490 g/mol. The van der Waals surface area contributed by atoms with Gasteiger partial charge in [0.25, 0.3) is 0 Å². The van der Waals surface area contributed by atoms with Gasteiger partial charge in [-0.15, -0.1) is 11.8 Å². The summed E-state index contributed by atoms with van der Waals surface area (Å²) in [5.41, 5.74) is 0.713. The fourth-order valence-corrected chi connectivity index (χ4v) is 4.99. The first kappa shape index (κ1) is 24.7. The number of benzene rings is 2. The predicted octanol–water partition coefficient (Wildman–Crippen LogP) is 3.90. The van der Waals surface area contributed by atoms with Crippen molar-refractivity contribution in [2.75, 3.05) is 34.2 Å². The number of thioether (sulfide) groups is 1. The quantitative estimate of drug-likeness (QED) is 0.242. The van der Waals surface area contributed by atoms with Crippen molar-refractivity contribution in [3.05, 3.63) is 41.2 Å². The van der Waals surface area contributed by atoms with Gasteiger partial charge in [-0.3, -0.25) is 9.59 Å². The molecule has 2 aromatic carbocycles. The van der Waals surface area contributed by atoms with Gasteiger partial charge < -0.3 is 23.5 Å². The number of hydrogen-bond acceptors (Lipinski definition) is 8. The maximum Gasteiger partial charge on any atom is 0.325 e. The zero-order valence-corrected chi connectivity index (χ0v) is 20.6. The van der Waals surface area contributed by atoms with E-state index in [4.69, 9.17) is 18.9 Å². The van der Waals surface area contributed by atoms with Crippen molar-refractivity contribution in [3.8, 4) is 17.2 Å². The van der Waals surface area contributed by atoms with E-state index >= 15 is 0 Å². The van der Waals surface area contributed by atoms with E-state index in [9.17, 15) is 9.59 Å². The minimum Gasteiger partial charge on any atom is -0.497 e. The predicted molar refractivity (Wildman–Crippen MR) is 128 cm³/mol. The molecule has 1 amide bonds. The zero-order chi connectivity index (χ0) is 23.8. The molecule has 0 N–H and O–H groups in total. The number of aromatic nitrogens is 1. The van der Waals surface area contributed by atoms with Crippen LogP contribution in [0.15, 0.2) is 46.3 Å². The first-order valence-corrected chi connectivity index (χ1v) is 12.0. The Morgan fingerprint density at radius 2 is 1.70 bits per heavy atom. The molecule has 0 saturated carbocycles. The van der Waals surface area contributed by atoms with Crippen LogP contribution in [0.2, 0.25) is 0 Å². The molecule has 0 atom stereocenters. The molecule has 0 saturated heterocycles. The molecule has 0 aliphatic carbocycles. The molecule has 1 heterocycles. The Bertz CT molecular complexity index is 1180. The Morgan fingerprint density at radius 1 is 1.00 bits per heavy atom. The van der Waals surface area contributed by atoms with Crippen molar-refractivity contribution >= 4 is 45.2 Å². The number of esters is 1. The van der Waals surface area contributed by atoms with Gasteiger partial charge in [0, 0.05) is 23.4 Å². The van der Waals surface area contributed by atoms with Crippen LogP contribution in [-0.2, 0) is 20.9 Å². The minimum absolute atomic E-state index is 0.0641.